The Bertz CT molecular complexity index is 1140. The third kappa shape index (κ3) is 7.70. The molecule has 9 heteroatoms. The highest BCUT2D eigenvalue weighted by Crippen LogP contribution is 2.28. The summed E-state index contributed by atoms with van der Waals surface area (Å²) < 4.78 is 26.6. The summed E-state index contributed by atoms with van der Waals surface area (Å²) in [6.45, 7) is 7.81. The summed E-state index contributed by atoms with van der Waals surface area (Å²) in [5.74, 6) is -0.705. The van der Waals surface area contributed by atoms with Crippen molar-refractivity contribution >= 4 is 39.1 Å². The molecule has 0 aliphatic rings. The number of nitrogens with zero attached hydrogens (tertiary/aromatic N) is 2. The number of anilines is 1. The van der Waals surface area contributed by atoms with Crippen molar-refractivity contribution in [3.63, 3.8) is 0 Å². The van der Waals surface area contributed by atoms with Crippen LogP contribution < -0.4 is 9.62 Å². The zero-order chi connectivity index (χ0) is 26.2. The van der Waals surface area contributed by atoms with Gasteiger partial charge in [0.05, 0.1) is 11.9 Å². The molecule has 0 saturated carbocycles. The zero-order valence-corrected chi connectivity index (χ0v) is 22.7. The number of carbonyl (C=O) groups is 2. The van der Waals surface area contributed by atoms with Gasteiger partial charge in [-0.3, -0.25) is 13.9 Å². The molecule has 0 bridgehead atoms. The molecule has 192 valence electrons. The summed E-state index contributed by atoms with van der Waals surface area (Å²) in [5, 5.41) is 3.32. The third-order valence-corrected chi connectivity index (χ3v) is 7.54. The van der Waals surface area contributed by atoms with Gasteiger partial charge in [0.1, 0.15) is 12.6 Å². The number of rotatable bonds is 12. The van der Waals surface area contributed by atoms with Gasteiger partial charge in [0.2, 0.25) is 21.8 Å². The molecule has 0 radical (unpaired) electrons. The van der Waals surface area contributed by atoms with Gasteiger partial charge in [-0.25, -0.2) is 8.42 Å². The lowest BCUT2D eigenvalue weighted by Crippen LogP contribution is -2.52. The monoisotopic (exact) mass is 521 g/mol. The maximum absolute atomic E-state index is 13.7. The lowest BCUT2D eigenvalue weighted by Gasteiger charge is -2.33. The molecular formula is C26H36ClN3O4S. The van der Waals surface area contributed by atoms with E-state index in [1.54, 1.807) is 25.1 Å². The van der Waals surface area contributed by atoms with E-state index in [-0.39, 0.29) is 12.5 Å². The van der Waals surface area contributed by atoms with Crippen LogP contribution in [-0.4, -0.2) is 50.5 Å². The van der Waals surface area contributed by atoms with Crippen LogP contribution in [-0.2, 0) is 26.2 Å². The summed E-state index contributed by atoms with van der Waals surface area (Å²) >= 11 is 6.24. The number of nitrogens with one attached hydrogen (secondary N) is 1. The Morgan fingerprint density at radius 3 is 2.34 bits per heavy atom. The molecule has 1 atom stereocenters. The number of amides is 2. The maximum Gasteiger partial charge on any atom is 0.244 e. The quantitative estimate of drug-likeness (QED) is 0.418. The first-order chi connectivity index (χ1) is 16.5. The van der Waals surface area contributed by atoms with Crippen molar-refractivity contribution in [1.82, 2.24) is 10.2 Å². The summed E-state index contributed by atoms with van der Waals surface area (Å²) in [6, 6.07) is 11.8. The fourth-order valence-corrected chi connectivity index (χ4v) is 4.93. The van der Waals surface area contributed by atoms with E-state index >= 15 is 0 Å². The van der Waals surface area contributed by atoms with Crippen LogP contribution in [0.5, 0.6) is 0 Å². The molecule has 1 N–H and O–H groups in total. The van der Waals surface area contributed by atoms with Gasteiger partial charge in [-0.2, -0.15) is 0 Å². The number of hydrogen-bond acceptors (Lipinski definition) is 4. The Morgan fingerprint density at radius 2 is 1.74 bits per heavy atom. The van der Waals surface area contributed by atoms with Crippen LogP contribution in [0.4, 0.5) is 5.69 Å². The van der Waals surface area contributed by atoms with Gasteiger partial charge in [-0.15, -0.1) is 0 Å². The highest BCUT2D eigenvalue weighted by molar-refractivity contribution is 7.92. The van der Waals surface area contributed by atoms with Crippen molar-refractivity contribution in [3.05, 3.63) is 64.2 Å². The van der Waals surface area contributed by atoms with Crippen molar-refractivity contribution in [2.75, 3.05) is 23.7 Å². The number of aryl methyl sites for hydroxylation is 1. The molecule has 0 aliphatic heterocycles. The Morgan fingerprint density at radius 1 is 1.06 bits per heavy atom. The summed E-state index contributed by atoms with van der Waals surface area (Å²) in [4.78, 5) is 28.3. The maximum atomic E-state index is 13.7. The van der Waals surface area contributed by atoms with Crippen molar-refractivity contribution in [2.45, 2.75) is 59.5 Å². The first-order valence-electron chi connectivity index (χ1n) is 11.9. The van der Waals surface area contributed by atoms with E-state index < -0.39 is 28.5 Å². The number of sulfonamides is 1. The van der Waals surface area contributed by atoms with E-state index in [9.17, 15) is 18.0 Å². The van der Waals surface area contributed by atoms with Gasteiger partial charge in [0.25, 0.3) is 0 Å². The minimum absolute atomic E-state index is 0.192. The molecule has 0 unspecified atom stereocenters. The van der Waals surface area contributed by atoms with Gasteiger partial charge in [0, 0.05) is 18.1 Å². The first kappa shape index (κ1) is 28.7. The van der Waals surface area contributed by atoms with Crippen LogP contribution in [0.15, 0.2) is 42.5 Å². The van der Waals surface area contributed by atoms with E-state index in [1.165, 1.54) is 4.90 Å². The van der Waals surface area contributed by atoms with E-state index in [1.807, 2.05) is 45.0 Å². The average Bonchev–Trinajstić information content (AvgIpc) is 2.80. The molecule has 35 heavy (non-hydrogen) atoms. The Hall–Kier alpha value is -2.58. The number of carbonyl (C=O) groups excluding carboxylic acids is 2. The normalized spacial score (nSPS) is 12.2. The highest BCUT2D eigenvalue weighted by Gasteiger charge is 2.32. The molecule has 0 aliphatic carbocycles. The van der Waals surface area contributed by atoms with Crippen LogP contribution >= 0.6 is 11.6 Å². The number of unbranched alkanes of at least 4 members (excludes halogenated alkanes) is 1. The predicted octanol–water partition coefficient (Wildman–Crippen LogP) is 4.45. The molecule has 0 fully saturated rings. The number of benzene rings is 2. The third-order valence-electron chi connectivity index (χ3n) is 6.00. The van der Waals surface area contributed by atoms with Gasteiger partial charge < -0.3 is 10.2 Å². The van der Waals surface area contributed by atoms with Crippen molar-refractivity contribution in [3.8, 4) is 0 Å². The Kier molecular flexibility index (Phi) is 10.6. The van der Waals surface area contributed by atoms with Crippen LogP contribution in [0, 0.1) is 13.8 Å². The van der Waals surface area contributed by atoms with E-state index in [4.69, 9.17) is 11.6 Å². The van der Waals surface area contributed by atoms with Crippen LogP contribution in [0.1, 0.15) is 49.8 Å². The second-order valence-electron chi connectivity index (χ2n) is 8.67. The minimum Gasteiger partial charge on any atom is -0.354 e. The molecule has 2 amide bonds. The largest absolute Gasteiger partial charge is 0.354 e. The summed E-state index contributed by atoms with van der Waals surface area (Å²) in [6.07, 6.45) is 3.22. The predicted molar refractivity (Wildman–Crippen MR) is 142 cm³/mol. The van der Waals surface area contributed by atoms with E-state index in [2.05, 4.69) is 5.32 Å². The standard InChI is InChI=1S/C26H36ClN3O4S/c1-6-8-16-28-26(32)23(7-2)29(17-21-13-10-9-12-19(21)3)25(31)18-30(35(5,33)34)24-15-11-14-22(27)20(24)4/h9-15,23H,6-8,16-18H2,1-5H3,(H,28,32)/t23-/m0/s1. The second kappa shape index (κ2) is 12.9. The fourth-order valence-electron chi connectivity index (χ4n) is 3.86. The van der Waals surface area contributed by atoms with Crippen LogP contribution in [0.2, 0.25) is 5.02 Å². The molecule has 0 aromatic heterocycles. The zero-order valence-electron chi connectivity index (χ0n) is 21.2. The summed E-state index contributed by atoms with van der Waals surface area (Å²) in [7, 11) is -3.81. The van der Waals surface area contributed by atoms with Crippen LogP contribution in [0.3, 0.4) is 0 Å². The molecule has 0 saturated heterocycles. The number of halogens is 1. The Labute approximate surface area is 214 Å². The topological polar surface area (TPSA) is 86.8 Å². The van der Waals surface area contributed by atoms with E-state index in [0.717, 1.165) is 34.5 Å². The molecule has 2 aromatic carbocycles. The average molecular weight is 522 g/mol. The molecule has 2 aromatic rings. The molecule has 2 rings (SSSR count). The summed E-state index contributed by atoms with van der Waals surface area (Å²) in [5.41, 5.74) is 2.77. The van der Waals surface area contributed by atoms with Gasteiger partial charge >= 0.3 is 0 Å². The molecule has 7 nitrogen and oxygen atoms in total. The highest BCUT2D eigenvalue weighted by atomic mass is 35.5. The van der Waals surface area contributed by atoms with Gasteiger partial charge in [0.15, 0.2) is 0 Å². The Balaban J connectivity index is 2.46. The molecular weight excluding hydrogens is 486 g/mol. The smallest absolute Gasteiger partial charge is 0.244 e. The van der Waals surface area contributed by atoms with E-state index in [0.29, 0.717) is 29.2 Å². The van der Waals surface area contributed by atoms with Gasteiger partial charge in [-0.1, -0.05) is 62.2 Å². The SMILES string of the molecule is CCCCNC(=O)[C@H](CC)N(Cc1ccccc1C)C(=O)CN(c1cccc(Cl)c1C)S(C)(=O)=O. The fraction of sp³-hybridized carbons (Fsp3) is 0.462. The van der Waals surface area contributed by atoms with Crippen molar-refractivity contribution < 1.29 is 18.0 Å². The van der Waals surface area contributed by atoms with Crippen molar-refractivity contribution in [2.24, 2.45) is 0 Å². The second-order valence-corrected chi connectivity index (χ2v) is 11.0. The molecule has 0 heterocycles. The first-order valence-corrected chi connectivity index (χ1v) is 14.1. The van der Waals surface area contributed by atoms with Gasteiger partial charge in [-0.05, 0) is 55.5 Å². The number of hydrogen-bond donors (Lipinski definition) is 1. The minimum atomic E-state index is -3.81. The lowest BCUT2D eigenvalue weighted by atomic mass is 10.1. The van der Waals surface area contributed by atoms with Crippen molar-refractivity contribution in [1.29, 1.82) is 0 Å². The van der Waals surface area contributed by atoms with Crippen LogP contribution in [0.25, 0.3) is 0 Å². The lowest BCUT2D eigenvalue weighted by molar-refractivity contribution is -0.140. The molecule has 0 spiro atoms.